The van der Waals surface area contributed by atoms with Crippen LogP contribution in [0.2, 0.25) is 0 Å². The predicted molar refractivity (Wildman–Crippen MR) is 65.5 cm³/mol. The summed E-state index contributed by atoms with van der Waals surface area (Å²) in [4.78, 5) is 23.7. The van der Waals surface area contributed by atoms with Crippen LogP contribution in [0.5, 0.6) is 0 Å². The third kappa shape index (κ3) is 2.88. The molecular weight excluding hydrogens is 278 g/mol. The van der Waals surface area contributed by atoms with Crippen molar-refractivity contribution in [2.45, 2.75) is 13.5 Å². The second-order valence-corrected chi connectivity index (χ2v) is 3.91. The fraction of sp³-hybridized carbons (Fsp3) is 0.182. The van der Waals surface area contributed by atoms with Gasteiger partial charge < -0.3 is 14.3 Å². The Morgan fingerprint density at radius 1 is 1.33 bits per heavy atom. The zero-order valence-electron chi connectivity index (χ0n) is 10.8. The highest BCUT2D eigenvalue weighted by Gasteiger charge is 2.17. The average molecular weight is 287 g/mol. The zero-order chi connectivity index (χ0) is 14.7. The van der Waals surface area contributed by atoms with Crippen LogP contribution in [0.3, 0.4) is 0 Å². The lowest BCUT2D eigenvalue weighted by Gasteiger charge is -1.96. The summed E-state index contributed by atoms with van der Waals surface area (Å²) in [5, 5.41) is 13.6. The normalized spacial score (nSPS) is 10.5. The lowest BCUT2D eigenvalue weighted by molar-refractivity contribution is 0.0903. The minimum Gasteiger partial charge on any atom is -0.424 e. The molecule has 0 aliphatic heterocycles. The van der Waals surface area contributed by atoms with E-state index in [-0.39, 0.29) is 24.2 Å². The maximum Gasteiger partial charge on any atom is 0.316 e. The van der Waals surface area contributed by atoms with Crippen molar-refractivity contribution in [2.75, 3.05) is 0 Å². The predicted octanol–water partition coefficient (Wildman–Crippen LogP) is 0.148. The first-order valence-electron chi connectivity index (χ1n) is 5.89. The van der Waals surface area contributed by atoms with Crippen molar-refractivity contribution in [1.29, 1.82) is 0 Å². The van der Waals surface area contributed by atoms with Gasteiger partial charge in [-0.15, -0.1) is 10.2 Å². The summed E-state index contributed by atoms with van der Waals surface area (Å²) >= 11 is 0. The van der Waals surface area contributed by atoms with Gasteiger partial charge in [0.05, 0.1) is 12.7 Å². The third-order valence-electron chi connectivity index (χ3n) is 2.38. The molecule has 0 fully saturated rings. The molecule has 3 aromatic rings. The fourth-order valence-electron chi connectivity index (χ4n) is 1.47. The average Bonchev–Trinajstić information content (AvgIpc) is 3.15. The number of aromatic nitrogens is 6. The van der Waals surface area contributed by atoms with Gasteiger partial charge in [0.2, 0.25) is 17.6 Å². The van der Waals surface area contributed by atoms with Crippen molar-refractivity contribution >= 4 is 5.91 Å². The molecule has 0 saturated carbocycles. The summed E-state index contributed by atoms with van der Waals surface area (Å²) < 4.78 is 9.99. The number of hydrogen-bond acceptors (Lipinski definition) is 9. The summed E-state index contributed by atoms with van der Waals surface area (Å²) in [6.45, 7) is 1.73. The summed E-state index contributed by atoms with van der Waals surface area (Å²) in [6, 6.07) is 0. The molecule has 3 heterocycles. The molecule has 0 aliphatic carbocycles. The van der Waals surface area contributed by atoms with E-state index in [1.165, 1.54) is 18.6 Å². The molecule has 3 aromatic heterocycles. The van der Waals surface area contributed by atoms with Crippen LogP contribution >= 0.6 is 0 Å². The highest BCUT2D eigenvalue weighted by molar-refractivity contribution is 5.89. The molecule has 0 aliphatic rings. The number of hydrogen-bond donors (Lipinski definition) is 1. The van der Waals surface area contributed by atoms with E-state index in [1.807, 2.05) is 0 Å². The first kappa shape index (κ1) is 12.8. The summed E-state index contributed by atoms with van der Waals surface area (Å²) in [6.07, 6.45) is 4.47. The molecule has 1 N–H and O–H groups in total. The Hall–Kier alpha value is -3.17. The molecule has 0 unspecified atom stereocenters. The zero-order valence-corrected chi connectivity index (χ0v) is 10.8. The van der Waals surface area contributed by atoms with Gasteiger partial charge in [-0.3, -0.25) is 9.78 Å². The number of carbonyl (C=O) groups is 1. The van der Waals surface area contributed by atoms with E-state index in [9.17, 15) is 4.79 Å². The van der Waals surface area contributed by atoms with Gasteiger partial charge >= 0.3 is 11.8 Å². The van der Waals surface area contributed by atoms with E-state index < -0.39 is 5.91 Å². The number of rotatable bonds is 4. The van der Waals surface area contributed by atoms with Gasteiger partial charge in [-0.25, -0.2) is 4.98 Å². The van der Waals surface area contributed by atoms with Gasteiger partial charge in [0.25, 0.3) is 0 Å². The molecule has 0 atom stereocenters. The van der Waals surface area contributed by atoms with Crippen LogP contribution in [-0.4, -0.2) is 36.2 Å². The molecule has 106 valence electrons. The van der Waals surface area contributed by atoms with Gasteiger partial charge in [-0.05, 0) is 0 Å². The van der Waals surface area contributed by atoms with Crippen LogP contribution in [0.4, 0.5) is 0 Å². The van der Waals surface area contributed by atoms with Crippen molar-refractivity contribution in [3.8, 4) is 11.5 Å². The van der Waals surface area contributed by atoms with Gasteiger partial charge in [0.1, 0.15) is 5.69 Å². The largest absolute Gasteiger partial charge is 0.424 e. The lowest BCUT2D eigenvalue weighted by Crippen LogP contribution is -2.23. The SMILES string of the molecule is Cc1nnc(CNC(=O)c2nc(-c3cnccn3)no2)o1. The molecule has 21 heavy (non-hydrogen) atoms. The Labute approximate surface area is 117 Å². The molecule has 1 amide bonds. The topological polar surface area (TPSA) is 133 Å². The number of aryl methyl sites for hydroxylation is 1. The second kappa shape index (κ2) is 5.45. The first-order valence-corrected chi connectivity index (χ1v) is 5.89. The highest BCUT2D eigenvalue weighted by atomic mass is 16.5. The highest BCUT2D eigenvalue weighted by Crippen LogP contribution is 2.10. The minimum atomic E-state index is -0.548. The Balaban J connectivity index is 1.67. The Morgan fingerprint density at radius 2 is 2.24 bits per heavy atom. The minimum absolute atomic E-state index is 0.0720. The Bertz CT molecular complexity index is 752. The molecule has 10 heteroatoms. The van der Waals surface area contributed by atoms with Crippen LogP contribution in [0.1, 0.15) is 22.5 Å². The monoisotopic (exact) mass is 287 g/mol. The van der Waals surface area contributed by atoms with Crippen LogP contribution in [0, 0.1) is 6.92 Å². The van der Waals surface area contributed by atoms with Crippen molar-refractivity contribution in [3.05, 3.63) is 36.3 Å². The van der Waals surface area contributed by atoms with Crippen molar-refractivity contribution in [3.63, 3.8) is 0 Å². The summed E-state index contributed by atoms with van der Waals surface area (Å²) in [5.41, 5.74) is 0.410. The van der Waals surface area contributed by atoms with E-state index in [0.29, 0.717) is 11.6 Å². The van der Waals surface area contributed by atoms with E-state index in [0.717, 1.165) is 0 Å². The smallest absolute Gasteiger partial charge is 0.316 e. The van der Waals surface area contributed by atoms with Crippen LogP contribution in [0.15, 0.2) is 27.5 Å². The van der Waals surface area contributed by atoms with Gasteiger partial charge in [-0.1, -0.05) is 5.16 Å². The Morgan fingerprint density at radius 3 is 2.95 bits per heavy atom. The molecule has 0 bridgehead atoms. The number of nitrogens with one attached hydrogen (secondary N) is 1. The van der Waals surface area contributed by atoms with E-state index in [2.05, 4.69) is 35.6 Å². The van der Waals surface area contributed by atoms with E-state index in [4.69, 9.17) is 8.94 Å². The molecule has 0 saturated heterocycles. The number of carbonyl (C=O) groups excluding carboxylic acids is 1. The first-order chi connectivity index (χ1) is 10.2. The molecule has 10 nitrogen and oxygen atoms in total. The fourth-order valence-corrected chi connectivity index (χ4v) is 1.47. The standard InChI is InChI=1S/C11H9N7O3/c1-6-16-17-8(20-6)5-14-10(19)11-15-9(18-21-11)7-4-12-2-3-13-7/h2-4H,5H2,1H3,(H,14,19). The molecule has 0 spiro atoms. The van der Waals surface area contributed by atoms with Gasteiger partial charge in [-0.2, -0.15) is 4.98 Å². The van der Waals surface area contributed by atoms with Gasteiger partial charge in [0, 0.05) is 19.3 Å². The van der Waals surface area contributed by atoms with Crippen molar-refractivity contribution in [1.82, 2.24) is 35.6 Å². The second-order valence-electron chi connectivity index (χ2n) is 3.91. The molecule has 0 aromatic carbocycles. The maximum atomic E-state index is 11.8. The van der Waals surface area contributed by atoms with Crippen LogP contribution in [0.25, 0.3) is 11.5 Å². The van der Waals surface area contributed by atoms with Crippen molar-refractivity contribution in [2.24, 2.45) is 0 Å². The van der Waals surface area contributed by atoms with Crippen LogP contribution < -0.4 is 5.32 Å². The molecule has 0 radical (unpaired) electrons. The summed E-state index contributed by atoms with van der Waals surface area (Å²) in [5.74, 6) is 0.152. The van der Waals surface area contributed by atoms with Gasteiger partial charge in [0.15, 0.2) is 0 Å². The van der Waals surface area contributed by atoms with E-state index in [1.54, 1.807) is 6.92 Å². The van der Waals surface area contributed by atoms with Crippen molar-refractivity contribution < 1.29 is 13.7 Å². The van der Waals surface area contributed by atoms with E-state index >= 15 is 0 Å². The lowest BCUT2D eigenvalue weighted by atomic mass is 10.4. The number of nitrogens with zero attached hydrogens (tertiary/aromatic N) is 6. The quantitative estimate of drug-likeness (QED) is 0.711. The number of amides is 1. The summed E-state index contributed by atoms with van der Waals surface area (Å²) in [7, 11) is 0. The molecular formula is C11H9N7O3. The molecule has 3 rings (SSSR count). The Kier molecular flexibility index (Phi) is 3.33. The van der Waals surface area contributed by atoms with Crippen LogP contribution in [-0.2, 0) is 6.54 Å². The third-order valence-corrected chi connectivity index (χ3v) is 2.38. The maximum absolute atomic E-state index is 11.8.